The number of aliphatic hydroxyl groups is 1. The van der Waals surface area contributed by atoms with E-state index in [-0.39, 0.29) is 31.2 Å². The van der Waals surface area contributed by atoms with Crippen molar-refractivity contribution in [2.24, 2.45) is 0 Å². The summed E-state index contributed by atoms with van der Waals surface area (Å²) >= 11 is 14.1. The van der Waals surface area contributed by atoms with E-state index >= 15 is 0 Å². The number of rotatable bonds is 17. The van der Waals surface area contributed by atoms with Gasteiger partial charge in [-0.05, 0) is 84.5 Å². The molecular formula is C44H45Cl2N7O3. The van der Waals surface area contributed by atoms with Crippen molar-refractivity contribution in [3.05, 3.63) is 134 Å². The van der Waals surface area contributed by atoms with Crippen LogP contribution < -0.4 is 26.0 Å². The van der Waals surface area contributed by atoms with Crippen LogP contribution in [0.1, 0.15) is 58.7 Å². The van der Waals surface area contributed by atoms with Crippen LogP contribution in [0.25, 0.3) is 22.3 Å². The number of ether oxygens (including phenoxy) is 1. The van der Waals surface area contributed by atoms with Crippen LogP contribution in [-0.4, -0.2) is 47.4 Å². The summed E-state index contributed by atoms with van der Waals surface area (Å²) in [6.45, 7) is 6.30. The molecule has 0 bridgehead atoms. The molecule has 0 saturated carbocycles. The van der Waals surface area contributed by atoms with Gasteiger partial charge in [0.05, 0.1) is 17.2 Å². The molecule has 0 spiro atoms. The first-order valence-corrected chi connectivity index (χ1v) is 19.3. The summed E-state index contributed by atoms with van der Waals surface area (Å²) in [6.07, 6.45) is 5.96. The highest BCUT2D eigenvalue weighted by molar-refractivity contribution is 6.36. The highest BCUT2D eigenvalue weighted by Crippen LogP contribution is 2.40. The molecule has 1 amide bonds. The predicted molar refractivity (Wildman–Crippen MR) is 223 cm³/mol. The lowest BCUT2D eigenvalue weighted by atomic mass is 9.93. The highest BCUT2D eigenvalue weighted by Gasteiger charge is 2.20. The van der Waals surface area contributed by atoms with Gasteiger partial charge in [-0.3, -0.25) is 9.78 Å². The third-order valence-electron chi connectivity index (χ3n) is 9.76. The van der Waals surface area contributed by atoms with Crippen LogP contribution in [0.15, 0.2) is 85.2 Å². The zero-order chi connectivity index (χ0) is 39.6. The average Bonchev–Trinajstić information content (AvgIpc) is 3.64. The fraction of sp³-hybridized carbons (Fsp3) is 0.273. The van der Waals surface area contributed by atoms with Gasteiger partial charge in [-0.2, -0.15) is 5.26 Å². The zero-order valence-electron chi connectivity index (χ0n) is 31.4. The number of halogens is 2. The number of anilines is 1. The molecule has 2 unspecified atom stereocenters. The number of carbonyl (C=O) groups excluding carboxylic acids is 1. The first-order valence-electron chi connectivity index (χ1n) is 18.5. The molecule has 6 rings (SSSR count). The Bertz CT molecular complexity index is 2240. The molecule has 1 aliphatic heterocycles. The van der Waals surface area contributed by atoms with E-state index in [0.29, 0.717) is 53.0 Å². The Morgan fingerprint density at radius 2 is 1.82 bits per heavy atom. The fourth-order valence-electron chi connectivity index (χ4n) is 6.68. The number of pyridine rings is 1. The first kappa shape index (κ1) is 40.4. The predicted octanol–water partition coefficient (Wildman–Crippen LogP) is 7.93. The minimum absolute atomic E-state index is 0.0160. The Kier molecular flexibility index (Phi) is 13.7. The van der Waals surface area contributed by atoms with E-state index in [0.717, 1.165) is 68.7 Å². The Balaban J connectivity index is 1.21. The molecule has 5 aromatic rings. The van der Waals surface area contributed by atoms with Crippen LogP contribution >= 0.6 is 23.2 Å². The minimum atomic E-state index is -0.128. The Morgan fingerprint density at radius 1 is 1.02 bits per heavy atom. The molecule has 4 aromatic carbocycles. The lowest BCUT2D eigenvalue weighted by Crippen LogP contribution is -2.35. The Labute approximate surface area is 337 Å². The van der Waals surface area contributed by atoms with Crippen LogP contribution in [0, 0.1) is 23.7 Å². The molecule has 288 valence electrons. The van der Waals surface area contributed by atoms with Crippen molar-refractivity contribution in [1.29, 1.82) is 10.7 Å². The average molecular weight is 791 g/mol. The number of aryl methyl sites for hydroxylation is 1. The number of hydrogen-bond acceptors (Lipinski definition) is 9. The van der Waals surface area contributed by atoms with E-state index in [2.05, 4.69) is 62.7 Å². The molecular weight excluding hydrogens is 745 g/mol. The molecule has 56 heavy (non-hydrogen) atoms. The number of nitrogens with one attached hydrogen (secondary N) is 5. The summed E-state index contributed by atoms with van der Waals surface area (Å²) in [5.74, 6) is 0.725. The van der Waals surface area contributed by atoms with Crippen LogP contribution in [-0.2, 0) is 31.0 Å². The zero-order valence-corrected chi connectivity index (χ0v) is 32.9. The molecule has 1 aromatic heterocycles. The second kappa shape index (κ2) is 19.0. The maximum Gasteiger partial charge on any atom is 0.220 e. The number of benzene rings is 4. The van der Waals surface area contributed by atoms with Crippen LogP contribution in [0.4, 0.5) is 5.69 Å². The van der Waals surface area contributed by atoms with Crippen molar-refractivity contribution in [3.63, 3.8) is 0 Å². The van der Waals surface area contributed by atoms with E-state index in [1.54, 1.807) is 12.3 Å². The van der Waals surface area contributed by atoms with E-state index in [4.69, 9.17) is 33.3 Å². The number of nitriles is 1. The van der Waals surface area contributed by atoms with Gasteiger partial charge in [-0.15, -0.1) is 0 Å². The molecule has 1 fully saturated rings. The third-order valence-corrected chi connectivity index (χ3v) is 10.5. The number of hydrogen-bond donors (Lipinski definition) is 6. The summed E-state index contributed by atoms with van der Waals surface area (Å²) in [7, 11) is 0. The fourth-order valence-corrected chi connectivity index (χ4v) is 7.25. The summed E-state index contributed by atoms with van der Waals surface area (Å²) in [4.78, 5) is 15.7. The molecule has 0 radical (unpaired) electrons. The molecule has 2 heterocycles. The summed E-state index contributed by atoms with van der Waals surface area (Å²) < 4.78 is 6.27. The molecule has 2 atom stereocenters. The third kappa shape index (κ3) is 10.1. The highest BCUT2D eigenvalue weighted by atomic mass is 35.5. The van der Waals surface area contributed by atoms with Crippen molar-refractivity contribution < 1.29 is 14.6 Å². The molecule has 10 nitrogen and oxygen atoms in total. The van der Waals surface area contributed by atoms with Gasteiger partial charge in [0.1, 0.15) is 18.4 Å². The van der Waals surface area contributed by atoms with Gasteiger partial charge in [-0.25, -0.2) is 0 Å². The quantitative estimate of drug-likeness (QED) is 0.0519. The smallest absolute Gasteiger partial charge is 0.220 e. The normalized spacial score (nSPS) is 14.2. The van der Waals surface area contributed by atoms with Gasteiger partial charge < -0.3 is 36.5 Å². The van der Waals surface area contributed by atoms with Crippen molar-refractivity contribution in [1.82, 2.24) is 20.9 Å². The molecule has 6 N–H and O–H groups in total. The second-order valence-electron chi connectivity index (χ2n) is 14.1. The number of carbonyl (C=O) groups is 1. The number of nitrogens with zero attached hydrogens (tertiary/aromatic N) is 2. The Hall–Kier alpha value is -5.28. The van der Waals surface area contributed by atoms with Crippen LogP contribution in [0.2, 0.25) is 10.0 Å². The van der Waals surface area contributed by atoms with Crippen molar-refractivity contribution >= 4 is 41.0 Å². The number of aromatic nitrogens is 1. The van der Waals surface area contributed by atoms with Gasteiger partial charge in [0, 0.05) is 102 Å². The summed E-state index contributed by atoms with van der Waals surface area (Å²) in [5.41, 5.74) is 9.94. The van der Waals surface area contributed by atoms with E-state index in [1.807, 2.05) is 50.2 Å². The van der Waals surface area contributed by atoms with Crippen molar-refractivity contribution in [3.8, 4) is 34.1 Å². The van der Waals surface area contributed by atoms with E-state index < -0.39 is 0 Å². The van der Waals surface area contributed by atoms with Gasteiger partial charge in [0.15, 0.2) is 0 Å². The topological polar surface area (TPSA) is 155 Å². The summed E-state index contributed by atoms with van der Waals surface area (Å²) in [6, 6.07) is 26.0. The van der Waals surface area contributed by atoms with E-state index in [9.17, 15) is 15.2 Å². The largest absolute Gasteiger partial charge is 0.489 e. The lowest BCUT2D eigenvalue weighted by Gasteiger charge is -2.19. The summed E-state index contributed by atoms with van der Waals surface area (Å²) in [5, 5.41) is 41.7. The van der Waals surface area contributed by atoms with Crippen molar-refractivity contribution in [2.45, 2.75) is 65.0 Å². The van der Waals surface area contributed by atoms with Gasteiger partial charge >= 0.3 is 0 Å². The standard InChI is InChI=1S/C44H45Cl2N7O3/c1-27-12-37(32-8-6-29(7-9-32)19-50-24-35-10-11-43(55)53-35)44(46)38(13-27)36-4-3-5-41(39(36)18-48)52-22-33-16-42(34(15-40(33)45)23-51-28(2)25-54)56-26-31-14-30(17-47)20-49-21-31/h3-9,12-16,18,20-21,28,35,48,50-52,54H,10-11,19,22-26H2,1-2H3,(H,53,55). The monoisotopic (exact) mass is 789 g/mol. The van der Waals surface area contributed by atoms with Gasteiger partial charge in [0.25, 0.3) is 0 Å². The first-order chi connectivity index (χ1) is 27.1. The molecule has 1 aliphatic rings. The number of aliphatic hydroxyl groups excluding tert-OH is 1. The molecule has 12 heteroatoms. The van der Waals surface area contributed by atoms with Crippen molar-refractivity contribution in [2.75, 3.05) is 18.5 Å². The minimum Gasteiger partial charge on any atom is -0.489 e. The molecule has 0 aliphatic carbocycles. The van der Waals surface area contributed by atoms with Gasteiger partial charge in [0.2, 0.25) is 5.91 Å². The maximum atomic E-state index is 11.5. The SMILES string of the molecule is Cc1cc(-c2ccc(CNCC3CCC(=O)N3)cc2)c(Cl)c(-c2cccc(NCc3cc(OCc4cncc(C#N)c4)c(CNC(C)CO)cc3Cl)c2C=N)c1. The lowest BCUT2D eigenvalue weighted by molar-refractivity contribution is -0.119. The van der Waals surface area contributed by atoms with Crippen LogP contribution in [0.5, 0.6) is 5.75 Å². The van der Waals surface area contributed by atoms with Gasteiger partial charge in [-0.1, -0.05) is 59.6 Å². The maximum absolute atomic E-state index is 11.5. The Morgan fingerprint density at radius 3 is 2.55 bits per heavy atom. The second-order valence-corrected chi connectivity index (χ2v) is 14.9. The van der Waals surface area contributed by atoms with Crippen LogP contribution in [0.3, 0.4) is 0 Å². The van der Waals surface area contributed by atoms with E-state index in [1.165, 1.54) is 12.4 Å². The number of amides is 1. The molecule has 1 saturated heterocycles.